The van der Waals surface area contributed by atoms with Gasteiger partial charge in [-0.3, -0.25) is 19.3 Å². The average Bonchev–Trinajstić information content (AvgIpc) is 3.62. The van der Waals surface area contributed by atoms with Crippen LogP contribution in [0.5, 0.6) is 5.75 Å². The van der Waals surface area contributed by atoms with Crippen LogP contribution >= 0.6 is 0 Å². The Bertz CT molecular complexity index is 1090. The van der Waals surface area contributed by atoms with Gasteiger partial charge >= 0.3 is 0 Å². The SMILES string of the molecule is COc1ccc(CN(C(=O)CCN2C(=O)c3ccccc3N3C(=O)CCC23C)C2CC2)cc1. The van der Waals surface area contributed by atoms with Crippen molar-refractivity contribution in [3.63, 3.8) is 0 Å². The number of amides is 3. The number of rotatable bonds is 7. The number of nitrogens with zero attached hydrogens (tertiary/aromatic N) is 3. The van der Waals surface area contributed by atoms with E-state index in [2.05, 4.69) is 0 Å². The summed E-state index contributed by atoms with van der Waals surface area (Å²) in [7, 11) is 1.63. The number of ether oxygens (including phenoxy) is 1. The van der Waals surface area contributed by atoms with Gasteiger partial charge in [0.05, 0.1) is 18.4 Å². The number of hydrogen-bond donors (Lipinski definition) is 0. The molecule has 3 aliphatic rings. The van der Waals surface area contributed by atoms with E-state index in [9.17, 15) is 14.4 Å². The second-order valence-corrected chi connectivity index (χ2v) is 9.27. The predicted octanol–water partition coefficient (Wildman–Crippen LogP) is 3.58. The van der Waals surface area contributed by atoms with Crippen molar-refractivity contribution >= 4 is 23.4 Å². The number of carbonyl (C=O) groups excluding carboxylic acids is 3. The standard InChI is InChI=1S/C26H29N3O4/c1-26-15-13-24(31)29(26)22-6-4-3-5-21(22)25(32)28(26)16-14-23(30)27(19-9-10-19)17-18-7-11-20(33-2)12-8-18/h3-8,11-12,19H,9-10,13-17H2,1-2H3. The summed E-state index contributed by atoms with van der Waals surface area (Å²) in [5.74, 6) is 0.739. The van der Waals surface area contributed by atoms with E-state index < -0.39 is 5.66 Å². The molecular formula is C26H29N3O4. The summed E-state index contributed by atoms with van der Waals surface area (Å²) in [5, 5.41) is 0. The number of methoxy groups -OCH3 is 1. The third-order valence-electron chi connectivity index (χ3n) is 7.11. The third kappa shape index (κ3) is 3.75. The fourth-order valence-corrected chi connectivity index (χ4v) is 5.13. The Labute approximate surface area is 193 Å². The largest absolute Gasteiger partial charge is 0.497 e. The van der Waals surface area contributed by atoms with Crippen molar-refractivity contribution in [2.24, 2.45) is 0 Å². The summed E-state index contributed by atoms with van der Waals surface area (Å²) < 4.78 is 5.23. The van der Waals surface area contributed by atoms with E-state index >= 15 is 0 Å². The van der Waals surface area contributed by atoms with Crippen molar-refractivity contribution < 1.29 is 19.1 Å². The van der Waals surface area contributed by atoms with Gasteiger partial charge in [-0.2, -0.15) is 0 Å². The molecule has 172 valence electrons. The number of hydrogen-bond acceptors (Lipinski definition) is 4. The summed E-state index contributed by atoms with van der Waals surface area (Å²) in [6, 6.07) is 15.3. The summed E-state index contributed by atoms with van der Waals surface area (Å²) in [6.07, 6.45) is 3.22. The van der Waals surface area contributed by atoms with Gasteiger partial charge in [0.15, 0.2) is 0 Å². The van der Waals surface area contributed by atoms with Crippen LogP contribution in [0.1, 0.15) is 54.9 Å². The molecule has 7 heteroatoms. The van der Waals surface area contributed by atoms with Gasteiger partial charge in [-0.15, -0.1) is 0 Å². The van der Waals surface area contributed by atoms with Gasteiger partial charge in [-0.25, -0.2) is 0 Å². The molecule has 1 unspecified atom stereocenters. The first-order valence-electron chi connectivity index (χ1n) is 11.6. The van der Waals surface area contributed by atoms with Crippen LogP contribution in [0.4, 0.5) is 5.69 Å². The molecule has 2 heterocycles. The maximum Gasteiger partial charge on any atom is 0.257 e. The topological polar surface area (TPSA) is 70.2 Å². The van der Waals surface area contributed by atoms with E-state index in [4.69, 9.17) is 4.74 Å². The zero-order valence-corrected chi connectivity index (χ0v) is 19.1. The molecule has 0 aromatic heterocycles. The van der Waals surface area contributed by atoms with Crippen LogP contribution in [0.3, 0.4) is 0 Å². The first-order chi connectivity index (χ1) is 15.9. The van der Waals surface area contributed by atoms with Crippen molar-refractivity contribution in [3.8, 4) is 5.75 Å². The number of benzene rings is 2. The van der Waals surface area contributed by atoms with Crippen molar-refractivity contribution in [2.75, 3.05) is 18.6 Å². The zero-order valence-electron chi connectivity index (χ0n) is 19.1. The molecule has 2 aromatic carbocycles. The molecule has 7 nitrogen and oxygen atoms in total. The van der Waals surface area contributed by atoms with E-state index in [0.717, 1.165) is 24.2 Å². The predicted molar refractivity (Wildman–Crippen MR) is 124 cm³/mol. The summed E-state index contributed by atoms with van der Waals surface area (Å²) in [6.45, 7) is 2.77. The van der Waals surface area contributed by atoms with E-state index in [1.165, 1.54) is 0 Å². The molecule has 2 fully saturated rings. The van der Waals surface area contributed by atoms with E-state index in [1.54, 1.807) is 23.0 Å². The lowest BCUT2D eigenvalue weighted by Crippen LogP contribution is -2.62. The van der Waals surface area contributed by atoms with Gasteiger partial charge in [0.2, 0.25) is 11.8 Å². The third-order valence-corrected chi connectivity index (χ3v) is 7.11. The van der Waals surface area contributed by atoms with Gasteiger partial charge < -0.3 is 14.5 Å². The minimum atomic E-state index is -0.733. The molecule has 1 saturated carbocycles. The summed E-state index contributed by atoms with van der Waals surface area (Å²) >= 11 is 0. The highest BCUT2D eigenvalue weighted by atomic mass is 16.5. The second kappa shape index (κ2) is 8.21. The van der Waals surface area contributed by atoms with Crippen LogP contribution in [0.15, 0.2) is 48.5 Å². The highest BCUT2D eigenvalue weighted by Gasteiger charge is 2.53. The fourth-order valence-electron chi connectivity index (χ4n) is 5.13. The number of fused-ring (bicyclic) bond motifs is 3. The lowest BCUT2D eigenvalue weighted by molar-refractivity contribution is -0.132. The van der Waals surface area contributed by atoms with Crippen LogP contribution in [0.25, 0.3) is 0 Å². The maximum absolute atomic E-state index is 13.4. The monoisotopic (exact) mass is 447 g/mol. The van der Waals surface area contributed by atoms with Crippen LogP contribution < -0.4 is 9.64 Å². The van der Waals surface area contributed by atoms with Gasteiger partial charge in [0, 0.05) is 32.0 Å². The molecule has 0 bridgehead atoms. The van der Waals surface area contributed by atoms with Crippen LogP contribution in [0.2, 0.25) is 0 Å². The molecule has 2 aromatic rings. The van der Waals surface area contributed by atoms with E-state index in [1.807, 2.05) is 54.3 Å². The number of carbonyl (C=O) groups is 3. The highest BCUT2D eigenvalue weighted by molar-refractivity contribution is 6.10. The van der Waals surface area contributed by atoms with E-state index in [0.29, 0.717) is 30.6 Å². The van der Waals surface area contributed by atoms with Gasteiger partial charge in [-0.05, 0) is 56.0 Å². The molecule has 0 radical (unpaired) electrons. The molecule has 3 amide bonds. The Morgan fingerprint density at radius 2 is 1.85 bits per heavy atom. The van der Waals surface area contributed by atoms with Crippen LogP contribution in [-0.4, -0.2) is 52.9 Å². The lowest BCUT2D eigenvalue weighted by Gasteiger charge is -2.48. The van der Waals surface area contributed by atoms with Crippen LogP contribution in [0, 0.1) is 0 Å². The average molecular weight is 448 g/mol. The number of para-hydroxylation sites is 1. The molecule has 2 aliphatic heterocycles. The molecule has 1 aliphatic carbocycles. The van der Waals surface area contributed by atoms with E-state index in [-0.39, 0.29) is 36.7 Å². The van der Waals surface area contributed by atoms with Crippen molar-refractivity contribution in [1.29, 1.82) is 0 Å². The molecule has 1 saturated heterocycles. The maximum atomic E-state index is 13.4. The minimum Gasteiger partial charge on any atom is -0.497 e. The Morgan fingerprint density at radius 1 is 1.12 bits per heavy atom. The van der Waals surface area contributed by atoms with Gasteiger partial charge in [-0.1, -0.05) is 24.3 Å². The summed E-state index contributed by atoms with van der Waals surface area (Å²) in [5.41, 5.74) is 1.52. The number of anilines is 1. The molecule has 5 rings (SSSR count). The van der Waals surface area contributed by atoms with Crippen LogP contribution in [-0.2, 0) is 16.1 Å². The first-order valence-corrected chi connectivity index (χ1v) is 11.6. The Morgan fingerprint density at radius 3 is 2.55 bits per heavy atom. The quantitative estimate of drug-likeness (QED) is 0.651. The van der Waals surface area contributed by atoms with Gasteiger partial charge in [0.1, 0.15) is 11.4 Å². The van der Waals surface area contributed by atoms with Gasteiger partial charge in [0.25, 0.3) is 5.91 Å². The second-order valence-electron chi connectivity index (χ2n) is 9.27. The van der Waals surface area contributed by atoms with Crippen molar-refractivity contribution in [1.82, 2.24) is 9.80 Å². The van der Waals surface area contributed by atoms with Crippen molar-refractivity contribution in [3.05, 3.63) is 59.7 Å². The molecule has 0 spiro atoms. The fraction of sp³-hybridized carbons (Fsp3) is 0.423. The Kier molecular flexibility index (Phi) is 5.35. The lowest BCUT2D eigenvalue weighted by atomic mass is 9.98. The molecule has 33 heavy (non-hydrogen) atoms. The summed E-state index contributed by atoms with van der Waals surface area (Å²) in [4.78, 5) is 44.8. The smallest absolute Gasteiger partial charge is 0.257 e. The normalized spacial score (nSPS) is 21.6. The highest BCUT2D eigenvalue weighted by Crippen LogP contribution is 2.44. The molecular weight excluding hydrogens is 418 g/mol. The Hall–Kier alpha value is -3.35. The first kappa shape index (κ1) is 21.5. The molecule has 0 N–H and O–H groups in total. The molecule has 1 atom stereocenters. The zero-order chi connectivity index (χ0) is 23.2. The van der Waals surface area contributed by atoms with Crippen molar-refractivity contribution in [2.45, 2.75) is 57.3 Å². The minimum absolute atomic E-state index is 0.0212. The Balaban J connectivity index is 1.33.